The summed E-state index contributed by atoms with van der Waals surface area (Å²) in [7, 11) is 0. The number of nitrogens with zero attached hydrogens (tertiary/aromatic N) is 1. The zero-order valence-electron chi connectivity index (χ0n) is 12.4. The molecule has 110 valence electrons. The molecule has 0 N–H and O–H groups in total. The van der Waals surface area contributed by atoms with E-state index in [4.69, 9.17) is 0 Å². The van der Waals surface area contributed by atoms with Crippen molar-refractivity contribution >= 4 is 15.9 Å². The number of fused-ring (bicyclic) bond motifs is 3. The first-order valence-corrected chi connectivity index (χ1v) is 8.42. The van der Waals surface area contributed by atoms with Crippen molar-refractivity contribution in [3.63, 3.8) is 0 Å². The molecule has 1 atom stereocenters. The summed E-state index contributed by atoms with van der Waals surface area (Å²) in [5, 5.41) is 9.90. The Morgan fingerprint density at radius 3 is 1.83 bits per heavy atom. The molecule has 3 aromatic carbocycles. The minimum Gasteiger partial charge on any atom is -0.198 e. The zero-order valence-corrected chi connectivity index (χ0v) is 14.0. The molecule has 0 radical (unpaired) electrons. The van der Waals surface area contributed by atoms with Crippen molar-refractivity contribution in [2.75, 3.05) is 0 Å². The molecule has 0 saturated heterocycles. The largest absolute Gasteiger partial charge is 0.198 e. The van der Waals surface area contributed by atoms with Crippen molar-refractivity contribution in [3.05, 3.63) is 94.0 Å². The van der Waals surface area contributed by atoms with Crippen LogP contribution in [0.2, 0.25) is 0 Å². The number of nitriles is 1. The number of hydrogen-bond acceptors (Lipinski definition) is 1. The van der Waals surface area contributed by atoms with E-state index in [1.807, 2.05) is 24.3 Å². The van der Waals surface area contributed by atoms with Crippen LogP contribution in [0.1, 0.15) is 28.5 Å². The highest BCUT2D eigenvalue weighted by Gasteiger charge is 2.34. The van der Waals surface area contributed by atoms with Crippen LogP contribution in [0.25, 0.3) is 11.1 Å². The summed E-state index contributed by atoms with van der Waals surface area (Å²) >= 11 is 3.47. The second-order valence-electron chi connectivity index (χ2n) is 5.81. The number of halogens is 1. The van der Waals surface area contributed by atoms with Gasteiger partial charge in [-0.1, -0.05) is 76.6 Å². The van der Waals surface area contributed by atoms with Crippen LogP contribution in [-0.4, -0.2) is 0 Å². The fourth-order valence-electron chi connectivity index (χ4n) is 3.57. The molecule has 0 spiro atoms. The number of hydrogen-bond donors (Lipinski definition) is 0. The van der Waals surface area contributed by atoms with Gasteiger partial charge < -0.3 is 0 Å². The lowest BCUT2D eigenvalue weighted by molar-refractivity contribution is 0.742. The lowest BCUT2D eigenvalue weighted by Gasteiger charge is -2.20. The van der Waals surface area contributed by atoms with Crippen LogP contribution in [0, 0.1) is 11.3 Å². The maximum Gasteiger partial charge on any atom is 0.0822 e. The molecule has 1 aliphatic rings. The molecule has 0 saturated carbocycles. The van der Waals surface area contributed by atoms with Gasteiger partial charge in [0, 0.05) is 10.4 Å². The minimum absolute atomic E-state index is 0.0913. The minimum atomic E-state index is -0.187. The molecule has 0 aliphatic heterocycles. The van der Waals surface area contributed by atoms with Gasteiger partial charge in [-0.3, -0.25) is 0 Å². The highest BCUT2D eigenvalue weighted by atomic mass is 79.9. The van der Waals surface area contributed by atoms with E-state index in [1.54, 1.807) is 0 Å². The second-order valence-corrected chi connectivity index (χ2v) is 6.73. The van der Waals surface area contributed by atoms with E-state index in [0.717, 1.165) is 10.0 Å². The first-order chi connectivity index (χ1) is 11.3. The molecule has 0 bridgehead atoms. The number of benzene rings is 3. The van der Waals surface area contributed by atoms with Gasteiger partial charge in [-0.25, -0.2) is 0 Å². The molecule has 1 unspecified atom stereocenters. The molecule has 4 rings (SSSR count). The van der Waals surface area contributed by atoms with Crippen LogP contribution in [0.5, 0.6) is 0 Å². The van der Waals surface area contributed by atoms with Crippen molar-refractivity contribution in [1.82, 2.24) is 0 Å². The first kappa shape index (κ1) is 14.2. The third-order valence-electron chi connectivity index (χ3n) is 4.58. The van der Waals surface area contributed by atoms with Crippen LogP contribution in [-0.2, 0) is 0 Å². The Morgan fingerprint density at radius 2 is 1.30 bits per heavy atom. The highest BCUT2D eigenvalue weighted by molar-refractivity contribution is 9.10. The fourth-order valence-corrected chi connectivity index (χ4v) is 3.83. The van der Waals surface area contributed by atoms with E-state index in [-0.39, 0.29) is 11.8 Å². The number of rotatable bonds is 2. The lowest BCUT2D eigenvalue weighted by Crippen LogP contribution is -2.09. The highest BCUT2D eigenvalue weighted by Crippen LogP contribution is 2.50. The molecule has 0 fully saturated rings. The summed E-state index contributed by atoms with van der Waals surface area (Å²) in [6.07, 6.45) is 0. The monoisotopic (exact) mass is 359 g/mol. The molecule has 1 nitrogen and oxygen atoms in total. The topological polar surface area (TPSA) is 23.8 Å². The third kappa shape index (κ3) is 2.29. The van der Waals surface area contributed by atoms with Gasteiger partial charge >= 0.3 is 0 Å². The Balaban J connectivity index is 1.90. The molecule has 23 heavy (non-hydrogen) atoms. The zero-order chi connectivity index (χ0) is 15.8. The van der Waals surface area contributed by atoms with Gasteiger partial charge in [0.15, 0.2) is 0 Å². The van der Waals surface area contributed by atoms with E-state index in [1.165, 1.54) is 22.3 Å². The van der Waals surface area contributed by atoms with Crippen molar-refractivity contribution in [2.24, 2.45) is 0 Å². The normalized spacial score (nSPS) is 13.9. The van der Waals surface area contributed by atoms with Crippen LogP contribution in [0.15, 0.2) is 77.3 Å². The average molecular weight is 360 g/mol. The fraction of sp³-hybridized carbons (Fsp3) is 0.0952. The van der Waals surface area contributed by atoms with Gasteiger partial charge in [0.2, 0.25) is 0 Å². The Labute approximate surface area is 144 Å². The van der Waals surface area contributed by atoms with E-state index in [2.05, 4.69) is 70.5 Å². The Hall–Kier alpha value is -2.37. The van der Waals surface area contributed by atoms with Crippen LogP contribution in [0.3, 0.4) is 0 Å². The predicted octanol–water partition coefficient (Wildman–Crippen LogP) is 5.87. The Kier molecular flexibility index (Phi) is 3.52. The molecule has 3 aromatic rings. The first-order valence-electron chi connectivity index (χ1n) is 7.63. The SMILES string of the molecule is N#CC(c1ccc(Br)cc1)C1c2ccccc2-c2ccccc21. The van der Waals surface area contributed by atoms with Crippen molar-refractivity contribution in [3.8, 4) is 17.2 Å². The van der Waals surface area contributed by atoms with E-state index in [9.17, 15) is 5.26 Å². The van der Waals surface area contributed by atoms with Gasteiger partial charge in [-0.15, -0.1) is 0 Å². The van der Waals surface area contributed by atoms with Crippen molar-refractivity contribution in [2.45, 2.75) is 11.8 Å². The third-order valence-corrected chi connectivity index (χ3v) is 5.11. The summed E-state index contributed by atoms with van der Waals surface area (Å²) < 4.78 is 1.03. The van der Waals surface area contributed by atoms with E-state index >= 15 is 0 Å². The molecular weight excluding hydrogens is 346 g/mol. The van der Waals surface area contributed by atoms with Crippen LogP contribution in [0.4, 0.5) is 0 Å². The predicted molar refractivity (Wildman–Crippen MR) is 96.2 cm³/mol. The summed E-state index contributed by atoms with van der Waals surface area (Å²) in [6.45, 7) is 0. The van der Waals surface area contributed by atoms with E-state index < -0.39 is 0 Å². The summed E-state index contributed by atoms with van der Waals surface area (Å²) in [5.41, 5.74) is 6.08. The van der Waals surface area contributed by atoms with Gasteiger partial charge in [-0.05, 0) is 39.9 Å². The quantitative estimate of drug-likeness (QED) is 0.561. The van der Waals surface area contributed by atoms with E-state index in [0.29, 0.717) is 0 Å². The average Bonchev–Trinajstić information content (AvgIpc) is 2.93. The van der Waals surface area contributed by atoms with Crippen LogP contribution < -0.4 is 0 Å². The Bertz CT molecular complexity index is 860. The van der Waals surface area contributed by atoms with Gasteiger partial charge in [0.25, 0.3) is 0 Å². The summed E-state index contributed by atoms with van der Waals surface area (Å²) in [4.78, 5) is 0. The van der Waals surface area contributed by atoms with Crippen molar-refractivity contribution in [1.29, 1.82) is 5.26 Å². The molecule has 2 heteroatoms. The summed E-state index contributed by atoms with van der Waals surface area (Å²) in [5.74, 6) is -0.0959. The Morgan fingerprint density at radius 1 is 0.783 bits per heavy atom. The molecule has 0 amide bonds. The molecular formula is C21H14BrN. The maximum absolute atomic E-state index is 9.90. The lowest BCUT2D eigenvalue weighted by atomic mass is 9.81. The van der Waals surface area contributed by atoms with Gasteiger partial charge in [0.1, 0.15) is 0 Å². The smallest absolute Gasteiger partial charge is 0.0822 e. The molecule has 0 aromatic heterocycles. The van der Waals surface area contributed by atoms with Crippen molar-refractivity contribution < 1.29 is 0 Å². The van der Waals surface area contributed by atoms with Gasteiger partial charge in [0.05, 0.1) is 12.0 Å². The standard InChI is InChI=1S/C21H14BrN/c22-15-11-9-14(10-12-15)20(13-23)21-18-7-3-1-5-16(18)17-6-2-4-8-19(17)21/h1-12,20-21H. The van der Waals surface area contributed by atoms with Gasteiger partial charge in [-0.2, -0.15) is 5.26 Å². The molecule has 0 heterocycles. The second kappa shape index (κ2) is 5.68. The van der Waals surface area contributed by atoms with Crippen LogP contribution >= 0.6 is 15.9 Å². The summed E-state index contributed by atoms with van der Waals surface area (Å²) in [6, 6.07) is 27.5. The maximum atomic E-state index is 9.90. The molecule has 1 aliphatic carbocycles.